The second kappa shape index (κ2) is 9.95. The number of piperidine rings is 2. The average molecular weight is 490 g/mol. The number of benzene rings is 1. The highest BCUT2D eigenvalue weighted by molar-refractivity contribution is 5.57. The van der Waals surface area contributed by atoms with Crippen molar-refractivity contribution >= 4 is 17.5 Å². The molecule has 9 nitrogen and oxygen atoms in total. The molecule has 0 spiro atoms. The lowest BCUT2D eigenvalue weighted by Gasteiger charge is -2.41. The van der Waals surface area contributed by atoms with Gasteiger partial charge in [0, 0.05) is 50.4 Å². The van der Waals surface area contributed by atoms with Gasteiger partial charge in [-0.15, -0.1) is 0 Å². The summed E-state index contributed by atoms with van der Waals surface area (Å²) >= 11 is 0. The molecule has 36 heavy (non-hydrogen) atoms. The number of aromatic nitrogens is 4. The molecule has 2 unspecified atom stereocenters. The summed E-state index contributed by atoms with van der Waals surface area (Å²) in [6.07, 6.45) is 6.37. The Hall–Kier alpha value is -2.75. The number of nitrogens with two attached hydrogens (primary N) is 1. The highest BCUT2D eigenvalue weighted by Gasteiger charge is 2.31. The van der Waals surface area contributed by atoms with Gasteiger partial charge < -0.3 is 21.3 Å². The maximum atomic E-state index is 6.18. The average Bonchev–Trinajstić information content (AvgIpc) is 3.34. The molecule has 192 valence electrons. The van der Waals surface area contributed by atoms with Crippen LogP contribution in [-0.2, 0) is 6.54 Å². The van der Waals surface area contributed by atoms with Gasteiger partial charge in [0.2, 0.25) is 11.9 Å². The SMILES string of the molecule is CC(C)c1cnn2c(NC3CN(C4CCCNC4)Cc4ccccc43)nc(N3CCC(N)CC3)nc12. The van der Waals surface area contributed by atoms with E-state index in [0.29, 0.717) is 12.0 Å². The topological polar surface area (TPSA) is 99.6 Å². The first-order valence-corrected chi connectivity index (χ1v) is 13.6. The fourth-order valence-electron chi connectivity index (χ4n) is 5.96. The van der Waals surface area contributed by atoms with E-state index < -0.39 is 0 Å². The molecular weight excluding hydrogens is 450 g/mol. The Morgan fingerprint density at radius 1 is 1.11 bits per heavy atom. The van der Waals surface area contributed by atoms with Crippen molar-refractivity contribution in [1.29, 1.82) is 0 Å². The van der Waals surface area contributed by atoms with Gasteiger partial charge in [-0.3, -0.25) is 4.90 Å². The van der Waals surface area contributed by atoms with E-state index in [1.54, 1.807) is 0 Å². The van der Waals surface area contributed by atoms with E-state index in [1.807, 2.05) is 10.7 Å². The Kier molecular flexibility index (Phi) is 6.54. The van der Waals surface area contributed by atoms with Crippen LogP contribution in [0.2, 0.25) is 0 Å². The fraction of sp³-hybridized carbons (Fsp3) is 0.593. The predicted molar refractivity (Wildman–Crippen MR) is 143 cm³/mol. The minimum absolute atomic E-state index is 0.129. The van der Waals surface area contributed by atoms with E-state index in [1.165, 1.54) is 24.0 Å². The molecule has 1 aromatic carbocycles. The standard InChI is InChI=1S/C27H39N9/c1-18(2)23-15-30-36-25(23)32-26(34-12-9-20(28)10-13-34)33-27(36)31-24-17-35(21-7-5-11-29-14-21)16-19-6-3-4-8-22(19)24/h3-4,6,8,15,18,20-21,24,29H,5,7,9-14,16-17,28H2,1-2H3,(H,31,32,33). The van der Waals surface area contributed by atoms with Gasteiger partial charge in [0.25, 0.3) is 0 Å². The molecule has 0 bridgehead atoms. The maximum absolute atomic E-state index is 6.18. The van der Waals surface area contributed by atoms with Crippen molar-refractivity contribution in [3.05, 3.63) is 47.2 Å². The lowest BCUT2D eigenvalue weighted by atomic mass is 9.93. The first-order valence-electron chi connectivity index (χ1n) is 13.6. The number of rotatable bonds is 5. The minimum atomic E-state index is 0.129. The van der Waals surface area contributed by atoms with Gasteiger partial charge in [-0.2, -0.15) is 19.6 Å². The van der Waals surface area contributed by atoms with Crippen LogP contribution < -0.4 is 21.3 Å². The van der Waals surface area contributed by atoms with Gasteiger partial charge >= 0.3 is 0 Å². The highest BCUT2D eigenvalue weighted by atomic mass is 15.4. The number of anilines is 2. The molecular formula is C27H39N9. The van der Waals surface area contributed by atoms with Crippen LogP contribution in [0.25, 0.3) is 5.65 Å². The third kappa shape index (κ3) is 4.55. The zero-order chi connectivity index (χ0) is 24.6. The van der Waals surface area contributed by atoms with E-state index in [2.05, 4.69) is 58.5 Å². The van der Waals surface area contributed by atoms with Crippen LogP contribution in [-0.4, -0.2) is 69.3 Å². The summed E-state index contributed by atoms with van der Waals surface area (Å²) in [6, 6.07) is 9.79. The summed E-state index contributed by atoms with van der Waals surface area (Å²) in [5, 5.41) is 12.2. The van der Waals surface area contributed by atoms with Gasteiger partial charge in [-0.25, -0.2) is 0 Å². The fourth-order valence-corrected chi connectivity index (χ4v) is 5.96. The molecule has 0 amide bonds. The number of nitrogens with zero attached hydrogens (tertiary/aromatic N) is 6. The van der Waals surface area contributed by atoms with Crippen molar-refractivity contribution in [2.75, 3.05) is 42.9 Å². The van der Waals surface area contributed by atoms with Crippen LogP contribution in [0.1, 0.15) is 68.2 Å². The second-order valence-corrected chi connectivity index (χ2v) is 11.0. The third-order valence-electron chi connectivity index (χ3n) is 8.14. The van der Waals surface area contributed by atoms with E-state index in [0.717, 1.165) is 75.2 Å². The second-order valence-electron chi connectivity index (χ2n) is 11.0. The summed E-state index contributed by atoms with van der Waals surface area (Å²) in [6.45, 7) is 10.3. The molecule has 2 atom stereocenters. The molecule has 3 aromatic rings. The first-order chi connectivity index (χ1) is 17.6. The molecule has 3 aliphatic rings. The molecule has 9 heteroatoms. The Morgan fingerprint density at radius 3 is 2.72 bits per heavy atom. The van der Waals surface area contributed by atoms with E-state index in [4.69, 9.17) is 20.8 Å². The lowest BCUT2D eigenvalue weighted by molar-refractivity contribution is 0.141. The van der Waals surface area contributed by atoms with E-state index in [-0.39, 0.29) is 12.1 Å². The maximum Gasteiger partial charge on any atom is 0.230 e. The minimum Gasteiger partial charge on any atom is -0.346 e. The van der Waals surface area contributed by atoms with Gasteiger partial charge in [-0.05, 0) is 49.3 Å². The monoisotopic (exact) mass is 489 g/mol. The molecule has 4 N–H and O–H groups in total. The first kappa shape index (κ1) is 23.6. The van der Waals surface area contributed by atoms with Crippen LogP contribution in [0.4, 0.5) is 11.9 Å². The zero-order valence-corrected chi connectivity index (χ0v) is 21.5. The largest absolute Gasteiger partial charge is 0.346 e. The van der Waals surface area contributed by atoms with Gasteiger partial charge in [0.15, 0.2) is 5.65 Å². The molecule has 2 fully saturated rings. The number of nitrogens with one attached hydrogen (secondary N) is 2. The Morgan fingerprint density at radius 2 is 1.94 bits per heavy atom. The third-order valence-corrected chi connectivity index (χ3v) is 8.14. The Bertz CT molecular complexity index is 1190. The van der Waals surface area contributed by atoms with E-state index in [9.17, 15) is 0 Å². The molecule has 5 heterocycles. The van der Waals surface area contributed by atoms with Crippen LogP contribution in [0.3, 0.4) is 0 Å². The summed E-state index contributed by atoms with van der Waals surface area (Å²) < 4.78 is 1.90. The van der Waals surface area contributed by atoms with Crippen molar-refractivity contribution in [3.63, 3.8) is 0 Å². The van der Waals surface area contributed by atoms with Crippen molar-refractivity contribution in [1.82, 2.24) is 29.8 Å². The smallest absolute Gasteiger partial charge is 0.230 e. The van der Waals surface area contributed by atoms with E-state index >= 15 is 0 Å². The van der Waals surface area contributed by atoms with Crippen LogP contribution in [0.15, 0.2) is 30.5 Å². The Labute approximate surface area is 213 Å². The lowest BCUT2D eigenvalue weighted by Crippen LogP contribution is -2.49. The van der Waals surface area contributed by atoms with Gasteiger partial charge in [0.05, 0.1) is 12.2 Å². The number of hydrogen-bond acceptors (Lipinski definition) is 8. The molecule has 0 aliphatic carbocycles. The molecule has 0 radical (unpaired) electrons. The molecule has 2 saturated heterocycles. The van der Waals surface area contributed by atoms with Crippen molar-refractivity contribution in [2.24, 2.45) is 5.73 Å². The molecule has 0 saturated carbocycles. The summed E-state index contributed by atoms with van der Waals surface area (Å²) in [5.41, 5.74) is 11.0. The van der Waals surface area contributed by atoms with Gasteiger partial charge in [-0.1, -0.05) is 38.1 Å². The van der Waals surface area contributed by atoms with Gasteiger partial charge in [0.1, 0.15) is 0 Å². The summed E-state index contributed by atoms with van der Waals surface area (Å²) in [5.74, 6) is 1.87. The summed E-state index contributed by atoms with van der Waals surface area (Å²) in [7, 11) is 0. The molecule has 3 aliphatic heterocycles. The van der Waals surface area contributed by atoms with Crippen molar-refractivity contribution in [3.8, 4) is 0 Å². The Balaban J connectivity index is 1.37. The highest BCUT2D eigenvalue weighted by Crippen LogP contribution is 2.32. The summed E-state index contributed by atoms with van der Waals surface area (Å²) in [4.78, 5) is 15.0. The predicted octanol–water partition coefficient (Wildman–Crippen LogP) is 2.90. The van der Waals surface area contributed by atoms with Crippen LogP contribution in [0, 0.1) is 0 Å². The molecule has 2 aromatic heterocycles. The van der Waals surface area contributed by atoms with Crippen LogP contribution in [0.5, 0.6) is 0 Å². The molecule has 6 rings (SSSR count). The zero-order valence-electron chi connectivity index (χ0n) is 21.5. The van der Waals surface area contributed by atoms with Crippen molar-refractivity contribution in [2.45, 2.75) is 70.1 Å². The quantitative estimate of drug-likeness (QED) is 0.503. The normalized spacial score (nSPS) is 23.8. The van der Waals surface area contributed by atoms with Crippen molar-refractivity contribution < 1.29 is 0 Å². The number of hydrogen-bond donors (Lipinski definition) is 3. The van der Waals surface area contributed by atoms with Crippen LogP contribution >= 0.6 is 0 Å². The number of fused-ring (bicyclic) bond motifs is 2.